The van der Waals surface area contributed by atoms with E-state index >= 15 is 0 Å². The first kappa shape index (κ1) is 31.2. The predicted molar refractivity (Wildman–Crippen MR) is 165 cm³/mol. The number of alkyl halides is 3. The highest BCUT2D eigenvalue weighted by molar-refractivity contribution is 6.04. The third-order valence-corrected chi connectivity index (χ3v) is 7.40. The van der Waals surface area contributed by atoms with Crippen LogP contribution in [-0.4, -0.2) is 68.6 Å². The summed E-state index contributed by atoms with van der Waals surface area (Å²) in [5.74, 6) is 0.524. The van der Waals surface area contributed by atoms with Gasteiger partial charge in [-0.2, -0.15) is 13.2 Å². The number of piperazine rings is 1. The number of rotatable bonds is 9. The Balaban J connectivity index is 1.15. The number of pyridine rings is 1. The smallest absolute Gasteiger partial charge is 0.416 e. The zero-order chi connectivity index (χ0) is 32.0. The van der Waals surface area contributed by atoms with Gasteiger partial charge in [-0.15, -0.1) is 0 Å². The Morgan fingerprint density at radius 3 is 2.24 bits per heavy atom. The highest BCUT2D eigenvalue weighted by atomic mass is 19.4. The second-order valence-corrected chi connectivity index (χ2v) is 10.4. The van der Waals surface area contributed by atoms with Crippen LogP contribution < -0.4 is 24.6 Å². The minimum absolute atomic E-state index is 0.0409. The molecule has 0 atom stereocenters. The fourth-order valence-corrected chi connectivity index (χ4v) is 4.87. The first-order valence-electron chi connectivity index (χ1n) is 14.2. The van der Waals surface area contributed by atoms with Crippen molar-refractivity contribution in [2.75, 3.05) is 62.0 Å². The Morgan fingerprint density at radius 2 is 1.62 bits per heavy atom. The van der Waals surface area contributed by atoms with E-state index in [4.69, 9.17) is 9.47 Å². The standard InChI is InChI=1S/C33H32F3N5O4/c1-39(22-31(42)41-18-16-40(17-19-41)26-6-4-3-5-7-26)27-13-14-28(29(20-27)44-2)45-30-15-12-25(21-37-30)38-32(43)23-8-10-24(11-9-23)33(34,35)36/h3-15,20-21H,16-19,22H2,1-2H3,(H,38,43). The quantitative estimate of drug-likeness (QED) is 0.248. The van der Waals surface area contributed by atoms with Crippen molar-refractivity contribution in [3.8, 4) is 17.4 Å². The molecular formula is C33H32F3N5O4. The van der Waals surface area contributed by atoms with Gasteiger partial charge in [0.2, 0.25) is 11.8 Å². The lowest BCUT2D eigenvalue weighted by Gasteiger charge is -2.37. The molecular weight excluding hydrogens is 587 g/mol. The maximum absolute atomic E-state index is 13.0. The van der Waals surface area contributed by atoms with E-state index in [9.17, 15) is 22.8 Å². The van der Waals surface area contributed by atoms with Gasteiger partial charge in [0, 0.05) is 62.3 Å². The number of likely N-dealkylation sites (N-methyl/N-ethyl adjacent to an activating group) is 1. The number of ether oxygens (including phenoxy) is 2. The van der Waals surface area contributed by atoms with E-state index in [1.54, 1.807) is 18.2 Å². The molecule has 9 nitrogen and oxygen atoms in total. The SMILES string of the molecule is COc1cc(N(C)CC(=O)N2CCN(c3ccccc3)CC2)ccc1Oc1ccc(NC(=O)c2ccc(C(F)(F)F)cc2)cn1. The number of nitrogens with one attached hydrogen (secondary N) is 1. The molecule has 0 spiro atoms. The Labute approximate surface area is 258 Å². The number of carbonyl (C=O) groups is 2. The lowest BCUT2D eigenvalue weighted by molar-refractivity contribution is -0.137. The number of halogens is 3. The molecule has 1 aliphatic rings. The number of benzene rings is 3. The van der Waals surface area contributed by atoms with Crippen LogP contribution in [0.5, 0.6) is 17.4 Å². The molecule has 1 fully saturated rings. The summed E-state index contributed by atoms with van der Waals surface area (Å²) >= 11 is 0. The molecule has 1 saturated heterocycles. The largest absolute Gasteiger partial charge is 0.493 e. The molecule has 4 aromatic rings. The van der Waals surface area contributed by atoms with Crippen LogP contribution in [0.1, 0.15) is 15.9 Å². The van der Waals surface area contributed by atoms with Crippen molar-refractivity contribution < 1.29 is 32.2 Å². The van der Waals surface area contributed by atoms with E-state index in [1.807, 2.05) is 41.1 Å². The lowest BCUT2D eigenvalue weighted by atomic mass is 10.1. The monoisotopic (exact) mass is 619 g/mol. The molecule has 0 aliphatic carbocycles. The van der Waals surface area contributed by atoms with E-state index in [0.717, 1.165) is 48.7 Å². The minimum atomic E-state index is -4.48. The third kappa shape index (κ3) is 7.83. The molecule has 0 saturated carbocycles. The van der Waals surface area contributed by atoms with Crippen molar-refractivity contribution in [2.24, 2.45) is 0 Å². The Bertz CT molecular complexity index is 1610. The van der Waals surface area contributed by atoms with Crippen LogP contribution in [-0.2, 0) is 11.0 Å². The molecule has 0 bridgehead atoms. The van der Waals surface area contributed by atoms with Gasteiger partial charge in [-0.05, 0) is 54.6 Å². The molecule has 0 unspecified atom stereocenters. The number of para-hydroxylation sites is 1. The number of anilines is 3. The van der Waals surface area contributed by atoms with Gasteiger partial charge in [0.05, 0.1) is 31.1 Å². The van der Waals surface area contributed by atoms with E-state index in [0.29, 0.717) is 30.3 Å². The van der Waals surface area contributed by atoms with Crippen LogP contribution in [0, 0.1) is 0 Å². The normalized spacial score (nSPS) is 13.3. The van der Waals surface area contributed by atoms with E-state index in [-0.39, 0.29) is 23.9 Å². The van der Waals surface area contributed by atoms with Gasteiger partial charge in [-0.3, -0.25) is 9.59 Å². The molecule has 45 heavy (non-hydrogen) atoms. The van der Waals surface area contributed by atoms with Crippen LogP contribution in [0.4, 0.5) is 30.2 Å². The van der Waals surface area contributed by atoms with Gasteiger partial charge in [-0.1, -0.05) is 18.2 Å². The van der Waals surface area contributed by atoms with Crippen molar-refractivity contribution in [3.05, 3.63) is 102 Å². The van der Waals surface area contributed by atoms with E-state index in [2.05, 4.69) is 27.3 Å². The van der Waals surface area contributed by atoms with Gasteiger partial charge in [-0.25, -0.2) is 4.98 Å². The second kappa shape index (κ2) is 13.6. The Morgan fingerprint density at radius 1 is 0.911 bits per heavy atom. The summed E-state index contributed by atoms with van der Waals surface area (Å²) in [4.78, 5) is 35.7. The fourth-order valence-electron chi connectivity index (χ4n) is 4.87. The van der Waals surface area contributed by atoms with Crippen LogP contribution in [0.25, 0.3) is 0 Å². The average molecular weight is 620 g/mol. The first-order valence-corrected chi connectivity index (χ1v) is 14.2. The lowest BCUT2D eigenvalue weighted by Crippen LogP contribution is -2.51. The van der Waals surface area contributed by atoms with Crippen molar-refractivity contribution >= 4 is 28.9 Å². The highest BCUT2D eigenvalue weighted by Gasteiger charge is 2.30. The summed E-state index contributed by atoms with van der Waals surface area (Å²) in [6.07, 6.45) is -3.11. The zero-order valence-corrected chi connectivity index (χ0v) is 24.8. The van der Waals surface area contributed by atoms with Gasteiger partial charge in [0.15, 0.2) is 11.5 Å². The summed E-state index contributed by atoms with van der Waals surface area (Å²) in [7, 11) is 3.35. The van der Waals surface area contributed by atoms with Crippen molar-refractivity contribution in [2.45, 2.75) is 6.18 Å². The Kier molecular flexibility index (Phi) is 9.41. The molecule has 5 rings (SSSR count). The minimum Gasteiger partial charge on any atom is -0.493 e. The summed E-state index contributed by atoms with van der Waals surface area (Å²) < 4.78 is 49.8. The van der Waals surface area contributed by atoms with Crippen molar-refractivity contribution in [3.63, 3.8) is 0 Å². The topological polar surface area (TPSA) is 87.2 Å². The number of methoxy groups -OCH3 is 1. The molecule has 3 aromatic carbocycles. The number of hydrogen-bond acceptors (Lipinski definition) is 7. The average Bonchev–Trinajstić information content (AvgIpc) is 3.06. The molecule has 1 aliphatic heterocycles. The zero-order valence-electron chi connectivity index (χ0n) is 24.8. The number of amides is 2. The van der Waals surface area contributed by atoms with Crippen molar-refractivity contribution in [1.82, 2.24) is 9.88 Å². The van der Waals surface area contributed by atoms with E-state index in [1.165, 1.54) is 19.4 Å². The van der Waals surface area contributed by atoms with Crippen LogP contribution in [0.15, 0.2) is 91.1 Å². The summed E-state index contributed by atoms with van der Waals surface area (Å²) in [6.45, 7) is 3.07. The van der Waals surface area contributed by atoms with Crippen LogP contribution >= 0.6 is 0 Å². The van der Waals surface area contributed by atoms with E-state index < -0.39 is 17.6 Å². The number of hydrogen-bond donors (Lipinski definition) is 1. The first-order chi connectivity index (χ1) is 21.6. The fraction of sp³-hybridized carbons (Fsp3) is 0.242. The third-order valence-electron chi connectivity index (χ3n) is 7.40. The highest BCUT2D eigenvalue weighted by Crippen LogP contribution is 2.34. The van der Waals surface area contributed by atoms with Gasteiger partial charge >= 0.3 is 6.18 Å². The maximum atomic E-state index is 13.0. The molecule has 2 heterocycles. The molecule has 12 heteroatoms. The van der Waals surface area contributed by atoms with Crippen LogP contribution in [0.3, 0.4) is 0 Å². The predicted octanol–water partition coefficient (Wildman–Crippen LogP) is 5.94. The molecule has 234 valence electrons. The van der Waals surface area contributed by atoms with Gasteiger partial charge < -0.3 is 29.5 Å². The van der Waals surface area contributed by atoms with Gasteiger partial charge in [0.1, 0.15) is 0 Å². The summed E-state index contributed by atoms with van der Waals surface area (Å²) in [6, 6.07) is 22.5. The molecule has 0 radical (unpaired) electrons. The maximum Gasteiger partial charge on any atom is 0.416 e. The number of nitrogens with zero attached hydrogens (tertiary/aromatic N) is 4. The molecule has 1 aromatic heterocycles. The molecule has 2 amide bonds. The second-order valence-electron chi connectivity index (χ2n) is 10.4. The van der Waals surface area contributed by atoms with Crippen molar-refractivity contribution in [1.29, 1.82) is 0 Å². The van der Waals surface area contributed by atoms with Gasteiger partial charge in [0.25, 0.3) is 5.91 Å². The molecule has 1 N–H and O–H groups in total. The number of carbonyl (C=O) groups excluding carboxylic acids is 2. The van der Waals surface area contributed by atoms with Crippen LogP contribution in [0.2, 0.25) is 0 Å². The summed E-state index contributed by atoms with van der Waals surface area (Å²) in [5, 5.41) is 2.60. The Hall–Kier alpha value is -5.26. The summed E-state index contributed by atoms with van der Waals surface area (Å²) in [5.41, 5.74) is 1.50. The number of aromatic nitrogens is 1.